The van der Waals surface area contributed by atoms with Gasteiger partial charge in [-0.3, -0.25) is 4.90 Å². The van der Waals surface area contributed by atoms with Crippen LogP contribution in [-0.2, 0) is 11.3 Å². The van der Waals surface area contributed by atoms with E-state index in [9.17, 15) is 0 Å². The number of nitrogens with zero attached hydrogens (tertiary/aromatic N) is 1. The zero-order valence-electron chi connectivity index (χ0n) is 16.0. The minimum Gasteiger partial charge on any atom is -0.493 e. The lowest BCUT2D eigenvalue weighted by molar-refractivity contribution is -0.0331. The van der Waals surface area contributed by atoms with E-state index in [0.29, 0.717) is 13.2 Å². The molecule has 0 aromatic heterocycles. The van der Waals surface area contributed by atoms with Gasteiger partial charge in [0, 0.05) is 47.1 Å². The summed E-state index contributed by atoms with van der Waals surface area (Å²) in [4.78, 5) is 2.55. The Kier molecular flexibility index (Phi) is 10.2. The average Bonchev–Trinajstić information content (AvgIpc) is 2.85. The van der Waals surface area contributed by atoms with Crippen molar-refractivity contribution in [2.75, 3.05) is 32.8 Å². The number of ether oxygens (including phenoxy) is 2. The Morgan fingerprint density at radius 2 is 1.72 bits per heavy atom. The number of benzene rings is 2. The van der Waals surface area contributed by atoms with E-state index in [-0.39, 0.29) is 37.0 Å². The first kappa shape index (κ1) is 24.9. The molecule has 2 heterocycles. The first-order chi connectivity index (χ1) is 13.2. The standard InChI is InChI=1S/C21H24Br2N2O2.2ClH/c22-16-11-15(12-17(23)13-16)14-27-20-5-10-26-19-4-2-1-3-18(19)21(20)25-8-6-24-7-9-25;;/h1-4,11-13,20-21,24H,5-10,14H2;2*1H. The van der Waals surface area contributed by atoms with E-state index in [2.05, 4.69) is 72.4 Å². The third-order valence-corrected chi connectivity index (χ3v) is 6.10. The summed E-state index contributed by atoms with van der Waals surface area (Å²) >= 11 is 7.13. The molecule has 8 heteroatoms. The zero-order chi connectivity index (χ0) is 18.6. The molecule has 4 nitrogen and oxygen atoms in total. The van der Waals surface area contributed by atoms with Crippen LogP contribution in [0.4, 0.5) is 0 Å². The van der Waals surface area contributed by atoms with Crippen molar-refractivity contribution >= 4 is 56.7 Å². The van der Waals surface area contributed by atoms with Crippen LogP contribution in [0.1, 0.15) is 23.6 Å². The maximum Gasteiger partial charge on any atom is 0.124 e. The highest BCUT2D eigenvalue weighted by Crippen LogP contribution is 2.37. The van der Waals surface area contributed by atoms with Crippen LogP contribution in [0.15, 0.2) is 51.4 Å². The summed E-state index contributed by atoms with van der Waals surface area (Å²) in [5, 5.41) is 3.45. The quantitative estimate of drug-likeness (QED) is 0.538. The lowest BCUT2D eigenvalue weighted by Crippen LogP contribution is -2.48. The van der Waals surface area contributed by atoms with Crippen molar-refractivity contribution in [1.82, 2.24) is 10.2 Å². The molecule has 0 amide bonds. The lowest BCUT2D eigenvalue weighted by atomic mass is 9.96. The van der Waals surface area contributed by atoms with Gasteiger partial charge in [-0.2, -0.15) is 0 Å². The molecule has 1 saturated heterocycles. The third-order valence-electron chi connectivity index (χ3n) is 5.18. The second-order valence-electron chi connectivity index (χ2n) is 7.03. The van der Waals surface area contributed by atoms with Gasteiger partial charge in [0.05, 0.1) is 25.4 Å². The van der Waals surface area contributed by atoms with Crippen molar-refractivity contribution in [3.05, 3.63) is 62.5 Å². The Balaban J connectivity index is 0.00000150. The second-order valence-corrected chi connectivity index (χ2v) is 8.86. The molecule has 2 aromatic rings. The van der Waals surface area contributed by atoms with Crippen LogP contribution in [0.25, 0.3) is 0 Å². The van der Waals surface area contributed by atoms with Gasteiger partial charge in [0.25, 0.3) is 0 Å². The number of nitrogens with one attached hydrogen (secondary N) is 1. The molecule has 2 aromatic carbocycles. The highest BCUT2D eigenvalue weighted by Gasteiger charge is 2.34. The van der Waals surface area contributed by atoms with E-state index in [1.165, 1.54) is 5.56 Å². The predicted octanol–water partition coefficient (Wildman–Crippen LogP) is 5.37. The van der Waals surface area contributed by atoms with Crippen LogP contribution in [0.5, 0.6) is 5.75 Å². The zero-order valence-corrected chi connectivity index (χ0v) is 20.8. The van der Waals surface area contributed by atoms with Gasteiger partial charge in [0.1, 0.15) is 5.75 Å². The maximum atomic E-state index is 6.50. The fourth-order valence-corrected chi connectivity index (χ4v) is 5.35. The summed E-state index contributed by atoms with van der Waals surface area (Å²) in [7, 11) is 0. The number of fused-ring (bicyclic) bond motifs is 1. The number of para-hydroxylation sites is 1. The molecule has 0 radical (unpaired) electrons. The molecule has 0 bridgehead atoms. The van der Waals surface area contributed by atoms with Crippen molar-refractivity contribution in [2.45, 2.75) is 25.2 Å². The summed E-state index contributed by atoms with van der Waals surface area (Å²) in [6.45, 7) is 5.37. The highest BCUT2D eigenvalue weighted by molar-refractivity contribution is 9.11. The van der Waals surface area contributed by atoms with Crippen LogP contribution in [0, 0.1) is 0 Å². The summed E-state index contributed by atoms with van der Waals surface area (Å²) in [6, 6.07) is 14.9. The van der Waals surface area contributed by atoms with Gasteiger partial charge in [-0.25, -0.2) is 0 Å². The van der Waals surface area contributed by atoms with Gasteiger partial charge < -0.3 is 14.8 Å². The largest absolute Gasteiger partial charge is 0.493 e. The Morgan fingerprint density at radius 1 is 1.03 bits per heavy atom. The minimum atomic E-state index is 0. The van der Waals surface area contributed by atoms with Crippen molar-refractivity contribution in [3.8, 4) is 5.75 Å². The molecular formula is C21H26Br2Cl2N2O2. The number of halogens is 4. The van der Waals surface area contributed by atoms with Gasteiger partial charge in [-0.05, 0) is 29.8 Å². The molecule has 0 aliphatic carbocycles. The minimum absolute atomic E-state index is 0. The smallest absolute Gasteiger partial charge is 0.124 e. The van der Waals surface area contributed by atoms with Gasteiger partial charge in [-0.1, -0.05) is 50.1 Å². The summed E-state index contributed by atoms with van der Waals surface area (Å²) in [6.07, 6.45) is 0.989. The second kappa shape index (κ2) is 11.9. The molecule has 2 atom stereocenters. The van der Waals surface area contributed by atoms with Gasteiger partial charge in [0.2, 0.25) is 0 Å². The Morgan fingerprint density at radius 3 is 2.45 bits per heavy atom. The van der Waals surface area contributed by atoms with Gasteiger partial charge in [-0.15, -0.1) is 24.8 Å². The normalized spacial score (nSPS) is 21.7. The first-order valence-electron chi connectivity index (χ1n) is 9.44. The van der Waals surface area contributed by atoms with E-state index in [1.807, 2.05) is 12.1 Å². The Labute approximate surface area is 201 Å². The molecule has 2 unspecified atom stereocenters. The first-order valence-corrected chi connectivity index (χ1v) is 11.0. The number of hydrogen-bond donors (Lipinski definition) is 1. The molecule has 160 valence electrons. The van der Waals surface area contributed by atoms with Crippen molar-refractivity contribution in [2.24, 2.45) is 0 Å². The van der Waals surface area contributed by atoms with E-state index in [0.717, 1.165) is 52.9 Å². The Bertz CT molecular complexity index is 771. The Hall–Kier alpha value is -0.340. The van der Waals surface area contributed by atoms with E-state index in [4.69, 9.17) is 9.47 Å². The summed E-state index contributed by atoms with van der Waals surface area (Å²) in [5.41, 5.74) is 2.41. The predicted molar refractivity (Wildman–Crippen MR) is 129 cm³/mol. The monoisotopic (exact) mass is 566 g/mol. The number of hydrogen-bond acceptors (Lipinski definition) is 4. The van der Waals surface area contributed by atoms with E-state index in [1.54, 1.807) is 0 Å². The van der Waals surface area contributed by atoms with Crippen LogP contribution >= 0.6 is 56.7 Å². The molecule has 2 aliphatic rings. The van der Waals surface area contributed by atoms with Crippen LogP contribution in [-0.4, -0.2) is 43.8 Å². The molecule has 2 aliphatic heterocycles. The fraction of sp³-hybridized carbons (Fsp3) is 0.429. The van der Waals surface area contributed by atoms with Gasteiger partial charge >= 0.3 is 0 Å². The SMILES string of the molecule is Brc1cc(Br)cc(COC2CCOc3ccccc3C2N2CCNCC2)c1.Cl.Cl. The molecule has 0 spiro atoms. The topological polar surface area (TPSA) is 33.7 Å². The molecule has 1 fully saturated rings. The number of rotatable bonds is 4. The lowest BCUT2D eigenvalue weighted by Gasteiger charge is -2.38. The summed E-state index contributed by atoms with van der Waals surface area (Å²) in [5.74, 6) is 0.998. The summed E-state index contributed by atoms with van der Waals surface area (Å²) < 4.78 is 14.7. The van der Waals surface area contributed by atoms with E-state index >= 15 is 0 Å². The van der Waals surface area contributed by atoms with Crippen molar-refractivity contribution in [1.29, 1.82) is 0 Å². The van der Waals surface area contributed by atoms with Gasteiger partial charge in [0.15, 0.2) is 0 Å². The van der Waals surface area contributed by atoms with Crippen LogP contribution < -0.4 is 10.1 Å². The maximum absolute atomic E-state index is 6.50. The molecule has 1 N–H and O–H groups in total. The highest BCUT2D eigenvalue weighted by atomic mass is 79.9. The molecule has 0 saturated carbocycles. The third kappa shape index (κ3) is 6.33. The van der Waals surface area contributed by atoms with Crippen molar-refractivity contribution in [3.63, 3.8) is 0 Å². The number of piperazine rings is 1. The average molecular weight is 569 g/mol. The molecular weight excluding hydrogens is 543 g/mol. The molecule has 29 heavy (non-hydrogen) atoms. The van der Waals surface area contributed by atoms with Crippen molar-refractivity contribution < 1.29 is 9.47 Å². The van der Waals surface area contributed by atoms with Crippen LogP contribution in [0.2, 0.25) is 0 Å². The fourth-order valence-electron chi connectivity index (χ4n) is 3.96. The van der Waals surface area contributed by atoms with Crippen LogP contribution in [0.3, 0.4) is 0 Å². The van der Waals surface area contributed by atoms with E-state index < -0.39 is 0 Å². The molecule has 4 rings (SSSR count).